The molecule has 0 radical (unpaired) electrons. The quantitative estimate of drug-likeness (QED) is 0.828. The number of carbonyl (C=O) groups is 2. The van der Waals surface area contributed by atoms with Crippen molar-refractivity contribution in [1.29, 1.82) is 0 Å². The molecule has 100 valence electrons. The van der Waals surface area contributed by atoms with Gasteiger partial charge >= 0.3 is 5.97 Å². The van der Waals surface area contributed by atoms with Gasteiger partial charge in [-0.2, -0.15) is 5.10 Å². The van der Waals surface area contributed by atoms with Gasteiger partial charge in [0.1, 0.15) is 5.69 Å². The fraction of sp³-hybridized carbons (Fsp3) is 0.583. The van der Waals surface area contributed by atoms with E-state index in [4.69, 9.17) is 5.11 Å². The molecule has 2 N–H and O–H groups in total. The summed E-state index contributed by atoms with van der Waals surface area (Å²) in [7, 11) is 0. The highest BCUT2D eigenvalue weighted by Gasteiger charge is 2.22. The number of carboxylic acid groups (broad SMARTS) is 1. The van der Waals surface area contributed by atoms with E-state index in [1.807, 2.05) is 13.8 Å². The largest absolute Gasteiger partial charge is 0.481 e. The monoisotopic (exact) mass is 253 g/mol. The predicted molar refractivity (Wildman–Crippen MR) is 66.3 cm³/mol. The average molecular weight is 253 g/mol. The van der Waals surface area contributed by atoms with E-state index < -0.39 is 17.9 Å². The van der Waals surface area contributed by atoms with Gasteiger partial charge in [-0.25, -0.2) is 0 Å². The van der Waals surface area contributed by atoms with Crippen molar-refractivity contribution < 1.29 is 14.7 Å². The molecule has 18 heavy (non-hydrogen) atoms. The smallest absolute Gasteiger partial charge is 0.308 e. The average Bonchev–Trinajstić information content (AvgIpc) is 2.76. The summed E-state index contributed by atoms with van der Waals surface area (Å²) in [5.74, 6) is -1.92. The molecule has 0 aliphatic rings. The Bertz CT molecular complexity index is 440. The first-order valence-corrected chi connectivity index (χ1v) is 5.91. The second-order valence-corrected chi connectivity index (χ2v) is 4.66. The van der Waals surface area contributed by atoms with E-state index in [0.717, 1.165) is 0 Å². The van der Waals surface area contributed by atoms with Crippen molar-refractivity contribution in [2.45, 2.75) is 39.8 Å². The number of aromatic nitrogens is 2. The Balaban J connectivity index is 2.67. The van der Waals surface area contributed by atoms with Gasteiger partial charge in [-0.3, -0.25) is 14.3 Å². The van der Waals surface area contributed by atoms with Crippen LogP contribution in [0.5, 0.6) is 0 Å². The molecule has 1 aromatic rings. The predicted octanol–water partition coefficient (Wildman–Crippen LogP) is 1.30. The van der Waals surface area contributed by atoms with E-state index in [1.54, 1.807) is 30.8 Å². The molecule has 0 spiro atoms. The molecule has 0 saturated carbocycles. The molecular weight excluding hydrogens is 234 g/mol. The molecule has 1 rings (SSSR count). The van der Waals surface area contributed by atoms with E-state index in [9.17, 15) is 9.59 Å². The third-order valence-corrected chi connectivity index (χ3v) is 2.87. The van der Waals surface area contributed by atoms with Crippen molar-refractivity contribution in [3.63, 3.8) is 0 Å². The number of hydrogen-bond donors (Lipinski definition) is 2. The Morgan fingerprint density at radius 3 is 2.39 bits per heavy atom. The van der Waals surface area contributed by atoms with Gasteiger partial charge in [-0.1, -0.05) is 0 Å². The lowest BCUT2D eigenvalue weighted by atomic mass is 10.0. The van der Waals surface area contributed by atoms with Crippen LogP contribution in [0, 0.1) is 5.92 Å². The highest BCUT2D eigenvalue weighted by atomic mass is 16.4. The molecule has 1 amide bonds. The molecule has 0 bridgehead atoms. The summed E-state index contributed by atoms with van der Waals surface area (Å²) in [6, 6.07) is 1.36. The van der Waals surface area contributed by atoms with Crippen molar-refractivity contribution in [3.8, 4) is 0 Å². The summed E-state index contributed by atoms with van der Waals surface area (Å²) in [5, 5.41) is 15.6. The van der Waals surface area contributed by atoms with Crippen LogP contribution in [0.15, 0.2) is 12.3 Å². The number of carbonyl (C=O) groups excluding carboxylic acids is 1. The topological polar surface area (TPSA) is 84.2 Å². The molecule has 0 aliphatic heterocycles. The van der Waals surface area contributed by atoms with Gasteiger partial charge < -0.3 is 10.4 Å². The minimum absolute atomic E-state index is 0.182. The highest BCUT2D eigenvalue weighted by Crippen LogP contribution is 2.06. The molecule has 1 heterocycles. The van der Waals surface area contributed by atoms with E-state index in [1.165, 1.54) is 0 Å². The number of aliphatic carboxylic acids is 1. The van der Waals surface area contributed by atoms with Crippen LogP contribution in [-0.2, 0) is 4.79 Å². The fourth-order valence-electron chi connectivity index (χ4n) is 1.37. The Labute approximate surface area is 106 Å². The maximum Gasteiger partial charge on any atom is 0.308 e. The van der Waals surface area contributed by atoms with Crippen LogP contribution in [0.4, 0.5) is 0 Å². The zero-order chi connectivity index (χ0) is 13.9. The van der Waals surface area contributed by atoms with Crippen LogP contribution >= 0.6 is 0 Å². The third-order valence-electron chi connectivity index (χ3n) is 2.87. The van der Waals surface area contributed by atoms with E-state index in [0.29, 0.717) is 5.69 Å². The summed E-state index contributed by atoms with van der Waals surface area (Å²) in [6.07, 6.45) is 1.73. The fourth-order valence-corrected chi connectivity index (χ4v) is 1.37. The molecule has 6 heteroatoms. The van der Waals surface area contributed by atoms with Crippen LogP contribution in [0.3, 0.4) is 0 Å². The minimum Gasteiger partial charge on any atom is -0.481 e. The SMILES string of the molecule is CC(NC(=O)c1ccn(C(C)C)n1)C(C)C(=O)O. The standard InChI is InChI=1S/C12H19N3O3/c1-7(2)15-6-5-10(14-15)11(16)13-9(4)8(3)12(17)18/h5-9H,1-4H3,(H,13,16)(H,17,18). The van der Waals surface area contributed by atoms with Crippen LogP contribution in [0.2, 0.25) is 0 Å². The van der Waals surface area contributed by atoms with Gasteiger partial charge in [0, 0.05) is 18.3 Å². The molecule has 0 aromatic carbocycles. The maximum absolute atomic E-state index is 11.8. The zero-order valence-electron chi connectivity index (χ0n) is 11.0. The van der Waals surface area contributed by atoms with Crippen LogP contribution in [0.25, 0.3) is 0 Å². The normalized spacial score (nSPS) is 14.3. The summed E-state index contributed by atoms with van der Waals surface area (Å²) >= 11 is 0. The number of nitrogens with zero attached hydrogens (tertiary/aromatic N) is 2. The number of amides is 1. The number of carboxylic acids is 1. The van der Waals surface area contributed by atoms with Gasteiger partial charge in [0.2, 0.25) is 0 Å². The summed E-state index contributed by atoms with van der Waals surface area (Å²) in [4.78, 5) is 22.6. The molecular formula is C12H19N3O3. The Kier molecular flexibility index (Phi) is 4.47. The van der Waals surface area contributed by atoms with Crippen LogP contribution in [-0.4, -0.2) is 32.8 Å². The lowest BCUT2D eigenvalue weighted by Gasteiger charge is -2.16. The van der Waals surface area contributed by atoms with Crippen molar-refractivity contribution in [2.24, 2.45) is 5.92 Å². The van der Waals surface area contributed by atoms with Crippen molar-refractivity contribution >= 4 is 11.9 Å². The molecule has 2 unspecified atom stereocenters. The molecule has 6 nitrogen and oxygen atoms in total. The van der Waals surface area contributed by atoms with Crippen molar-refractivity contribution in [2.75, 3.05) is 0 Å². The zero-order valence-corrected chi connectivity index (χ0v) is 11.0. The molecule has 0 saturated heterocycles. The lowest BCUT2D eigenvalue weighted by molar-refractivity contribution is -0.141. The van der Waals surface area contributed by atoms with E-state index in [-0.39, 0.29) is 11.9 Å². The molecule has 1 aromatic heterocycles. The third kappa shape index (κ3) is 3.32. The van der Waals surface area contributed by atoms with Gasteiger partial charge in [0.15, 0.2) is 0 Å². The first kappa shape index (κ1) is 14.2. The minimum atomic E-state index is -0.935. The van der Waals surface area contributed by atoms with Gasteiger partial charge in [0.25, 0.3) is 5.91 Å². The van der Waals surface area contributed by atoms with Crippen LogP contribution < -0.4 is 5.32 Å². The van der Waals surface area contributed by atoms with E-state index >= 15 is 0 Å². The summed E-state index contributed by atoms with van der Waals surface area (Å²) in [6.45, 7) is 7.14. The lowest BCUT2D eigenvalue weighted by Crippen LogP contribution is -2.40. The number of rotatable bonds is 5. The van der Waals surface area contributed by atoms with Crippen molar-refractivity contribution in [1.82, 2.24) is 15.1 Å². The number of nitrogens with one attached hydrogen (secondary N) is 1. The second kappa shape index (κ2) is 5.66. The molecule has 0 fully saturated rings. The summed E-state index contributed by atoms with van der Waals surface area (Å²) < 4.78 is 1.68. The Morgan fingerprint density at radius 1 is 1.33 bits per heavy atom. The first-order chi connectivity index (χ1) is 8.32. The second-order valence-electron chi connectivity index (χ2n) is 4.66. The van der Waals surface area contributed by atoms with Crippen molar-refractivity contribution in [3.05, 3.63) is 18.0 Å². The van der Waals surface area contributed by atoms with Gasteiger partial charge in [-0.15, -0.1) is 0 Å². The first-order valence-electron chi connectivity index (χ1n) is 5.91. The van der Waals surface area contributed by atoms with Gasteiger partial charge in [-0.05, 0) is 33.8 Å². The van der Waals surface area contributed by atoms with E-state index in [2.05, 4.69) is 10.4 Å². The molecule has 2 atom stereocenters. The maximum atomic E-state index is 11.8. The Morgan fingerprint density at radius 2 is 1.94 bits per heavy atom. The van der Waals surface area contributed by atoms with Crippen LogP contribution in [0.1, 0.15) is 44.2 Å². The number of hydrogen-bond acceptors (Lipinski definition) is 3. The highest BCUT2D eigenvalue weighted by molar-refractivity contribution is 5.92. The summed E-state index contributed by atoms with van der Waals surface area (Å²) in [5.41, 5.74) is 0.299. The molecule has 0 aliphatic carbocycles. The Hall–Kier alpha value is -1.85. The van der Waals surface area contributed by atoms with Gasteiger partial charge in [0.05, 0.1) is 5.92 Å².